The Kier molecular flexibility index (Phi) is 8.46. The van der Waals surface area contributed by atoms with Crippen molar-refractivity contribution in [3.63, 3.8) is 0 Å². The van der Waals surface area contributed by atoms with E-state index < -0.39 is 0 Å². The summed E-state index contributed by atoms with van der Waals surface area (Å²) in [5.74, 6) is 2.06. The van der Waals surface area contributed by atoms with Gasteiger partial charge in [-0.05, 0) is 94.2 Å². The van der Waals surface area contributed by atoms with Crippen molar-refractivity contribution < 1.29 is 9.53 Å². The summed E-state index contributed by atoms with van der Waals surface area (Å²) in [6.45, 7) is 5.36. The van der Waals surface area contributed by atoms with E-state index in [1.54, 1.807) is 24.5 Å². The lowest BCUT2D eigenvalue weighted by Gasteiger charge is -2.34. The van der Waals surface area contributed by atoms with Crippen LogP contribution in [0.25, 0.3) is 11.5 Å². The quantitative estimate of drug-likeness (QED) is 0.258. The number of hydrogen-bond acceptors (Lipinski definition) is 11. The Hall–Kier alpha value is -4.64. The zero-order valence-corrected chi connectivity index (χ0v) is 23.7. The number of nitrogens with zero attached hydrogens (tertiary/aromatic N) is 6. The van der Waals surface area contributed by atoms with Crippen LogP contribution in [-0.4, -0.2) is 63.2 Å². The van der Waals surface area contributed by atoms with E-state index in [0.717, 1.165) is 62.4 Å². The third-order valence-electron chi connectivity index (χ3n) is 7.50. The van der Waals surface area contributed by atoms with Gasteiger partial charge in [0.1, 0.15) is 23.4 Å². The van der Waals surface area contributed by atoms with Crippen molar-refractivity contribution in [3.8, 4) is 11.5 Å². The minimum atomic E-state index is -0.0888. The molecule has 11 nitrogen and oxygen atoms in total. The molecule has 2 saturated heterocycles. The molecule has 1 atom stereocenters. The van der Waals surface area contributed by atoms with Gasteiger partial charge in [0.05, 0.1) is 5.92 Å². The highest BCUT2D eigenvalue weighted by molar-refractivity contribution is 5.74. The minimum absolute atomic E-state index is 0.0461. The molecule has 0 bridgehead atoms. The predicted molar refractivity (Wildman–Crippen MR) is 162 cm³/mol. The first-order chi connectivity index (χ1) is 20.6. The molecule has 0 amide bonds. The van der Waals surface area contributed by atoms with Gasteiger partial charge in [0.25, 0.3) is 0 Å². The number of benzene rings is 1. The van der Waals surface area contributed by atoms with Crippen molar-refractivity contribution in [2.45, 2.75) is 38.7 Å². The summed E-state index contributed by atoms with van der Waals surface area (Å²) >= 11 is 0. The fourth-order valence-electron chi connectivity index (χ4n) is 5.30. The molecule has 2 aliphatic heterocycles. The molecule has 42 heavy (non-hydrogen) atoms. The molecule has 2 fully saturated rings. The van der Waals surface area contributed by atoms with Crippen LogP contribution in [0.4, 0.5) is 29.0 Å². The smallest absolute Gasteiger partial charge is 0.311 e. The van der Waals surface area contributed by atoms with Crippen LogP contribution in [0, 0.1) is 12.8 Å². The SMILES string of the molecule is Cc1cccc(-c2nccc(Nc3ccnc(Nc4ccc(N5CCCC(C(=O)OC6CCNCC6)C5)cc4)n3)n2)n1. The highest BCUT2D eigenvalue weighted by Gasteiger charge is 2.29. The molecule has 4 aromatic rings. The van der Waals surface area contributed by atoms with Crippen LogP contribution in [0.15, 0.2) is 67.0 Å². The molecule has 0 radical (unpaired) electrons. The number of aromatic nitrogens is 5. The second-order valence-corrected chi connectivity index (χ2v) is 10.7. The van der Waals surface area contributed by atoms with Crippen molar-refractivity contribution in [3.05, 3.63) is 72.7 Å². The summed E-state index contributed by atoms with van der Waals surface area (Å²) in [5.41, 5.74) is 3.56. The van der Waals surface area contributed by atoms with Crippen LogP contribution >= 0.6 is 0 Å². The molecule has 2 aliphatic rings. The maximum atomic E-state index is 12.8. The van der Waals surface area contributed by atoms with Crippen LogP contribution in [0.5, 0.6) is 0 Å². The molecule has 1 unspecified atom stereocenters. The van der Waals surface area contributed by atoms with Crippen molar-refractivity contribution in [1.82, 2.24) is 30.2 Å². The van der Waals surface area contributed by atoms with Gasteiger partial charge in [-0.15, -0.1) is 0 Å². The maximum absolute atomic E-state index is 12.8. The summed E-state index contributed by atoms with van der Waals surface area (Å²) in [6, 6.07) is 17.5. The number of aryl methyl sites for hydroxylation is 1. The molecule has 6 rings (SSSR count). The molecule has 0 aliphatic carbocycles. The van der Waals surface area contributed by atoms with E-state index in [1.807, 2.05) is 37.3 Å². The number of esters is 1. The van der Waals surface area contributed by atoms with E-state index >= 15 is 0 Å². The summed E-state index contributed by atoms with van der Waals surface area (Å²) in [6.07, 6.45) is 7.06. The molecule has 1 aromatic carbocycles. The number of carbonyl (C=O) groups excluding carboxylic acids is 1. The Balaban J connectivity index is 1.06. The fourth-order valence-corrected chi connectivity index (χ4v) is 5.30. The lowest BCUT2D eigenvalue weighted by atomic mass is 9.97. The molecule has 3 aromatic heterocycles. The first-order valence-electron chi connectivity index (χ1n) is 14.5. The zero-order chi connectivity index (χ0) is 28.7. The first-order valence-corrected chi connectivity index (χ1v) is 14.5. The van der Waals surface area contributed by atoms with Crippen molar-refractivity contribution in [2.24, 2.45) is 5.92 Å². The van der Waals surface area contributed by atoms with Gasteiger partial charge in [-0.1, -0.05) is 6.07 Å². The highest BCUT2D eigenvalue weighted by atomic mass is 16.5. The zero-order valence-electron chi connectivity index (χ0n) is 23.7. The van der Waals surface area contributed by atoms with E-state index in [1.165, 1.54) is 0 Å². The van der Waals surface area contributed by atoms with Gasteiger partial charge in [-0.3, -0.25) is 4.79 Å². The number of ether oxygens (including phenoxy) is 1. The van der Waals surface area contributed by atoms with Crippen molar-refractivity contribution in [2.75, 3.05) is 41.7 Å². The maximum Gasteiger partial charge on any atom is 0.311 e. The van der Waals surface area contributed by atoms with E-state index in [4.69, 9.17) is 4.74 Å². The Labute approximate surface area is 245 Å². The average molecular weight is 566 g/mol. The van der Waals surface area contributed by atoms with Crippen molar-refractivity contribution >= 4 is 34.9 Å². The van der Waals surface area contributed by atoms with Crippen LogP contribution in [-0.2, 0) is 9.53 Å². The summed E-state index contributed by atoms with van der Waals surface area (Å²) in [5, 5.41) is 9.82. The van der Waals surface area contributed by atoms with E-state index in [9.17, 15) is 4.79 Å². The number of hydrogen-bond donors (Lipinski definition) is 3. The standard InChI is InChI=1S/C31H35N9O2/c1-21-4-2-6-26(35-21)29-33-17-13-27(38-29)37-28-14-18-34-31(39-28)36-23-7-9-24(10-8-23)40-19-3-5-22(20-40)30(41)42-25-11-15-32-16-12-25/h2,4,6-10,13-14,17-18,22,25,32H,3,5,11-12,15-16,19-20H2,1H3,(H2,33,34,36,37,38,39). The normalized spacial score (nSPS) is 17.5. The fraction of sp³-hybridized carbons (Fsp3) is 0.355. The largest absolute Gasteiger partial charge is 0.462 e. The summed E-state index contributed by atoms with van der Waals surface area (Å²) < 4.78 is 5.83. The van der Waals surface area contributed by atoms with Gasteiger partial charge >= 0.3 is 5.97 Å². The number of anilines is 5. The lowest BCUT2D eigenvalue weighted by Crippen LogP contribution is -2.41. The van der Waals surface area contributed by atoms with E-state index in [-0.39, 0.29) is 18.0 Å². The minimum Gasteiger partial charge on any atom is -0.462 e. The van der Waals surface area contributed by atoms with Gasteiger partial charge < -0.3 is 25.6 Å². The summed E-state index contributed by atoms with van der Waals surface area (Å²) in [7, 11) is 0. The Morgan fingerprint density at radius 2 is 1.69 bits per heavy atom. The Morgan fingerprint density at radius 3 is 2.50 bits per heavy atom. The third kappa shape index (κ3) is 6.98. The molecule has 0 saturated carbocycles. The third-order valence-corrected chi connectivity index (χ3v) is 7.50. The number of rotatable bonds is 8. The topological polar surface area (TPSA) is 130 Å². The molecular formula is C31H35N9O2. The van der Waals surface area contributed by atoms with Crippen LogP contribution in [0.1, 0.15) is 31.4 Å². The second-order valence-electron chi connectivity index (χ2n) is 10.7. The average Bonchev–Trinajstić information content (AvgIpc) is 3.02. The number of piperidine rings is 2. The van der Waals surface area contributed by atoms with Gasteiger partial charge in [0.15, 0.2) is 5.82 Å². The summed E-state index contributed by atoms with van der Waals surface area (Å²) in [4.78, 5) is 37.5. The Bertz CT molecular complexity index is 1510. The van der Waals surface area contributed by atoms with Crippen LogP contribution in [0.2, 0.25) is 0 Å². The number of nitrogens with one attached hydrogen (secondary N) is 3. The molecule has 216 valence electrons. The monoisotopic (exact) mass is 565 g/mol. The highest BCUT2D eigenvalue weighted by Crippen LogP contribution is 2.27. The van der Waals surface area contributed by atoms with Gasteiger partial charge in [-0.25, -0.2) is 19.9 Å². The van der Waals surface area contributed by atoms with Gasteiger partial charge in [-0.2, -0.15) is 4.98 Å². The van der Waals surface area contributed by atoms with Crippen LogP contribution in [0.3, 0.4) is 0 Å². The second kappa shape index (κ2) is 12.9. The van der Waals surface area contributed by atoms with Crippen molar-refractivity contribution in [1.29, 1.82) is 0 Å². The first kappa shape index (κ1) is 27.5. The van der Waals surface area contributed by atoms with Crippen LogP contribution < -0.4 is 20.9 Å². The van der Waals surface area contributed by atoms with E-state index in [0.29, 0.717) is 35.6 Å². The van der Waals surface area contributed by atoms with E-state index in [2.05, 4.69) is 57.9 Å². The van der Waals surface area contributed by atoms with Gasteiger partial charge in [0, 0.05) is 42.6 Å². The molecular weight excluding hydrogens is 530 g/mol. The molecule has 0 spiro atoms. The predicted octanol–water partition coefficient (Wildman–Crippen LogP) is 4.64. The number of carbonyl (C=O) groups is 1. The van der Waals surface area contributed by atoms with Gasteiger partial charge in [0.2, 0.25) is 5.95 Å². The molecule has 11 heteroatoms. The number of pyridine rings is 1. The molecule has 5 heterocycles. The lowest BCUT2D eigenvalue weighted by molar-refractivity contribution is -0.155. The Morgan fingerprint density at radius 1 is 0.905 bits per heavy atom. The molecule has 3 N–H and O–H groups in total.